The van der Waals surface area contributed by atoms with Crippen molar-refractivity contribution in [1.29, 1.82) is 0 Å². The first kappa shape index (κ1) is 18.5. The second-order valence-corrected chi connectivity index (χ2v) is 10.7. The number of rotatable bonds is 5. The quantitative estimate of drug-likeness (QED) is 0.596. The Morgan fingerprint density at radius 3 is 2.70 bits per heavy atom. The van der Waals surface area contributed by atoms with Gasteiger partial charge in [0.2, 0.25) is 5.91 Å². The van der Waals surface area contributed by atoms with E-state index in [0.29, 0.717) is 22.5 Å². The molecule has 2 aliphatic rings. The molecule has 144 valence electrons. The van der Waals surface area contributed by atoms with Crippen molar-refractivity contribution < 1.29 is 13.2 Å². The lowest BCUT2D eigenvalue weighted by atomic mass is 10.2. The van der Waals surface area contributed by atoms with Crippen LogP contribution in [0.25, 0.3) is 10.9 Å². The van der Waals surface area contributed by atoms with Crippen molar-refractivity contribution in [2.75, 3.05) is 11.5 Å². The van der Waals surface area contributed by atoms with Gasteiger partial charge in [-0.25, -0.2) is 13.4 Å². The van der Waals surface area contributed by atoms with E-state index in [1.165, 1.54) is 11.8 Å². The van der Waals surface area contributed by atoms with Gasteiger partial charge in [0.25, 0.3) is 5.56 Å². The van der Waals surface area contributed by atoms with E-state index in [4.69, 9.17) is 0 Å². The molecule has 2 atom stereocenters. The third-order valence-electron chi connectivity index (χ3n) is 4.92. The van der Waals surface area contributed by atoms with Crippen LogP contribution in [-0.2, 0) is 14.6 Å². The number of fused-ring (bicyclic) bond motifs is 1. The summed E-state index contributed by atoms with van der Waals surface area (Å²) in [6, 6.07) is 7.04. The van der Waals surface area contributed by atoms with Gasteiger partial charge in [-0.3, -0.25) is 14.2 Å². The second kappa shape index (κ2) is 6.94. The van der Waals surface area contributed by atoms with Crippen LogP contribution in [0.1, 0.15) is 32.2 Å². The van der Waals surface area contributed by atoms with Gasteiger partial charge in [0, 0.05) is 12.1 Å². The number of hydrogen-bond donors (Lipinski definition) is 1. The number of sulfone groups is 1. The molecule has 1 aliphatic carbocycles. The molecule has 9 heteroatoms. The van der Waals surface area contributed by atoms with Crippen LogP contribution in [0.4, 0.5) is 0 Å². The molecule has 1 aromatic carbocycles. The third-order valence-corrected chi connectivity index (χ3v) is 7.75. The Hall–Kier alpha value is -1.87. The van der Waals surface area contributed by atoms with E-state index in [1.807, 2.05) is 12.1 Å². The van der Waals surface area contributed by atoms with E-state index in [9.17, 15) is 18.0 Å². The Morgan fingerprint density at radius 2 is 2.04 bits per heavy atom. The van der Waals surface area contributed by atoms with Gasteiger partial charge in [0.05, 0.1) is 27.7 Å². The molecule has 1 N–H and O–H groups in total. The Bertz CT molecular complexity index is 1060. The fourth-order valence-corrected chi connectivity index (χ4v) is 5.96. The lowest BCUT2D eigenvalue weighted by molar-refractivity contribution is -0.120. The van der Waals surface area contributed by atoms with Gasteiger partial charge >= 0.3 is 0 Å². The fourth-order valence-electron chi connectivity index (χ4n) is 3.30. The number of benzene rings is 1. The zero-order valence-corrected chi connectivity index (χ0v) is 16.6. The maximum atomic E-state index is 12.9. The van der Waals surface area contributed by atoms with Crippen molar-refractivity contribution in [3.8, 4) is 0 Å². The molecule has 4 rings (SSSR count). The number of nitrogens with one attached hydrogen (secondary N) is 1. The van der Waals surface area contributed by atoms with E-state index in [0.717, 1.165) is 12.8 Å². The first-order valence-corrected chi connectivity index (χ1v) is 11.7. The van der Waals surface area contributed by atoms with Crippen LogP contribution >= 0.6 is 11.8 Å². The molecule has 0 radical (unpaired) electrons. The predicted octanol–water partition coefficient (Wildman–Crippen LogP) is 1.52. The summed E-state index contributed by atoms with van der Waals surface area (Å²) in [5.74, 6) is -0.115. The van der Waals surface area contributed by atoms with Crippen molar-refractivity contribution in [1.82, 2.24) is 14.9 Å². The number of hydrogen-bond acceptors (Lipinski definition) is 6. The Kier molecular flexibility index (Phi) is 4.75. The smallest absolute Gasteiger partial charge is 0.262 e. The molecule has 0 spiro atoms. The van der Waals surface area contributed by atoms with Crippen molar-refractivity contribution in [3.63, 3.8) is 0 Å². The van der Waals surface area contributed by atoms with Crippen LogP contribution in [0.3, 0.4) is 0 Å². The van der Waals surface area contributed by atoms with Gasteiger partial charge in [-0.1, -0.05) is 23.9 Å². The summed E-state index contributed by atoms with van der Waals surface area (Å²) in [5, 5.41) is 3.47. The lowest BCUT2D eigenvalue weighted by Crippen LogP contribution is -2.40. The molecule has 1 aliphatic heterocycles. The summed E-state index contributed by atoms with van der Waals surface area (Å²) < 4.78 is 24.8. The predicted molar refractivity (Wildman–Crippen MR) is 105 cm³/mol. The van der Waals surface area contributed by atoms with Crippen LogP contribution in [0.2, 0.25) is 0 Å². The molecule has 2 aromatic rings. The van der Waals surface area contributed by atoms with Gasteiger partial charge in [0.15, 0.2) is 15.0 Å². The summed E-state index contributed by atoms with van der Waals surface area (Å²) in [6.45, 7) is 1.75. The first-order chi connectivity index (χ1) is 12.8. The number of nitrogens with zero attached hydrogens (tertiary/aromatic N) is 2. The second-order valence-electron chi connectivity index (χ2n) is 7.19. The van der Waals surface area contributed by atoms with Crippen molar-refractivity contribution >= 4 is 38.4 Å². The van der Waals surface area contributed by atoms with Crippen LogP contribution in [0.5, 0.6) is 0 Å². The van der Waals surface area contributed by atoms with Gasteiger partial charge in [0.1, 0.15) is 0 Å². The highest BCUT2D eigenvalue weighted by atomic mass is 32.2. The monoisotopic (exact) mass is 407 g/mol. The molecule has 0 bridgehead atoms. The highest BCUT2D eigenvalue weighted by Gasteiger charge is 2.32. The van der Waals surface area contributed by atoms with E-state index in [2.05, 4.69) is 10.3 Å². The maximum absolute atomic E-state index is 12.9. The molecule has 1 amide bonds. The Balaban J connectivity index is 1.56. The number of amides is 1. The summed E-state index contributed by atoms with van der Waals surface area (Å²) in [7, 11) is -3.04. The Morgan fingerprint density at radius 1 is 1.30 bits per heavy atom. The normalized spacial score (nSPS) is 22.6. The fraction of sp³-hybridized carbons (Fsp3) is 0.500. The van der Waals surface area contributed by atoms with Crippen LogP contribution in [0.15, 0.2) is 34.2 Å². The van der Waals surface area contributed by atoms with Crippen LogP contribution in [0, 0.1) is 0 Å². The molecular weight excluding hydrogens is 386 g/mol. The SMILES string of the molecule is C[C@H](Sc1nc2ccccc2c(=O)n1C1CC1)C(=O)N[C@@H]1CCS(=O)(=O)C1. The minimum absolute atomic E-state index is 0.00284. The van der Waals surface area contributed by atoms with Crippen molar-refractivity contribution in [2.24, 2.45) is 0 Å². The zero-order chi connectivity index (χ0) is 19.2. The topological polar surface area (TPSA) is 98.1 Å². The first-order valence-electron chi connectivity index (χ1n) is 9.03. The number of thioether (sulfide) groups is 1. The molecule has 2 heterocycles. The molecule has 7 nitrogen and oxygen atoms in total. The van der Waals surface area contributed by atoms with Crippen LogP contribution in [-0.4, -0.2) is 46.7 Å². The number of carbonyl (C=O) groups excluding carboxylic acids is 1. The average Bonchev–Trinajstić information content (AvgIpc) is 3.39. The minimum atomic E-state index is -3.04. The highest BCUT2D eigenvalue weighted by Crippen LogP contribution is 2.37. The molecule has 1 saturated carbocycles. The number of carbonyl (C=O) groups is 1. The van der Waals surface area contributed by atoms with Crippen molar-refractivity contribution in [3.05, 3.63) is 34.6 Å². The average molecular weight is 408 g/mol. The van der Waals surface area contributed by atoms with Gasteiger partial charge in [-0.15, -0.1) is 0 Å². The van der Waals surface area contributed by atoms with Crippen molar-refractivity contribution in [2.45, 2.75) is 48.7 Å². The highest BCUT2D eigenvalue weighted by molar-refractivity contribution is 8.00. The van der Waals surface area contributed by atoms with Gasteiger partial charge < -0.3 is 5.32 Å². The molecule has 1 saturated heterocycles. The summed E-state index contributed by atoms with van der Waals surface area (Å²) >= 11 is 1.25. The third kappa shape index (κ3) is 3.89. The zero-order valence-electron chi connectivity index (χ0n) is 14.9. The molecule has 27 heavy (non-hydrogen) atoms. The van der Waals surface area contributed by atoms with Gasteiger partial charge in [-0.2, -0.15) is 0 Å². The molecule has 1 aromatic heterocycles. The Labute approximate surface area is 161 Å². The minimum Gasteiger partial charge on any atom is -0.351 e. The summed E-state index contributed by atoms with van der Waals surface area (Å²) in [5.41, 5.74) is 0.552. The van der Waals surface area contributed by atoms with E-state index < -0.39 is 15.1 Å². The van der Waals surface area contributed by atoms with E-state index in [-0.39, 0.29) is 35.1 Å². The summed E-state index contributed by atoms with van der Waals surface area (Å²) in [4.78, 5) is 30.0. The number of para-hydroxylation sites is 1. The summed E-state index contributed by atoms with van der Waals surface area (Å²) in [6.07, 6.45) is 2.33. The molecule has 2 fully saturated rings. The largest absolute Gasteiger partial charge is 0.351 e. The van der Waals surface area contributed by atoms with E-state index in [1.54, 1.807) is 23.6 Å². The number of aromatic nitrogens is 2. The maximum Gasteiger partial charge on any atom is 0.262 e. The molecule has 0 unspecified atom stereocenters. The van der Waals surface area contributed by atoms with E-state index >= 15 is 0 Å². The molecular formula is C18H21N3O4S2. The standard InChI is InChI=1S/C18H21N3O4S2/c1-11(16(22)19-12-8-9-27(24,25)10-12)26-18-20-15-5-3-2-4-14(15)17(23)21(18)13-6-7-13/h2-5,11-13H,6-10H2,1H3,(H,19,22)/t11-,12+/m0/s1. The lowest BCUT2D eigenvalue weighted by Gasteiger charge is -2.18. The van der Waals surface area contributed by atoms with Gasteiger partial charge in [-0.05, 0) is 38.3 Å². The van der Waals surface area contributed by atoms with Crippen LogP contribution < -0.4 is 10.9 Å².